The Morgan fingerprint density at radius 1 is 1.31 bits per heavy atom. The second kappa shape index (κ2) is 5.56. The largest absolute Gasteiger partial charge is 0.508 e. The summed E-state index contributed by atoms with van der Waals surface area (Å²) in [6.45, 7) is 3.40. The second-order valence-electron chi connectivity index (χ2n) is 2.74. The highest BCUT2D eigenvalue weighted by Gasteiger charge is 1.92. The lowest BCUT2D eigenvalue weighted by Crippen LogP contribution is -2.17. The van der Waals surface area contributed by atoms with Crippen molar-refractivity contribution in [1.29, 1.82) is 0 Å². The molecule has 0 amide bonds. The summed E-state index contributed by atoms with van der Waals surface area (Å²) >= 11 is 0. The van der Waals surface area contributed by atoms with Crippen molar-refractivity contribution in [3.8, 4) is 5.75 Å². The van der Waals surface area contributed by atoms with Gasteiger partial charge in [-0.25, -0.2) is 5.48 Å². The zero-order valence-electron chi connectivity index (χ0n) is 7.79. The fraction of sp³-hybridized carbons (Fsp3) is 0.400. The minimum Gasteiger partial charge on any atom is -0.508 e. The summed E-state index contributed by atoms with van der Waals surface area (Å²) in [6, 6.07) is 7.19. The molecule has 0 spiro atoms. The first-order chi connectivity index (χ1) is 6.33. The molecule has 72 valence electrons. The van der Waals surface area contributed by atoms with Crippen LogP contribution in [0.4, 0.5) is 0 Å². The Morgan fingerprint density at radius 3 is 2.62 bits per heavy atom. The minimum atomic E-state index is 0.307. The van der Waals surface area contributed by atoms with E-state index < -0.39 is 0 Å². The van der Waals surface area contributed by atoms with Crippen molar-refractivity contribution < 1.29 is 9.94 Å². The summed E-state index contributed by atoms with van der Waals surface area (Å²) in [5.74, 6) is 0.307. The van der Waals surface area contributed by atoms with Gasteiger partial charge in [-0.3, -0.25) is 0 Å². The molecule has 0 unspecified atom stereocenters. The van der Waals surface area contributed by atoms with Crippen molar-refractivity contribution in [2.45, 2.75) is 13.3 Å². The third kappa shape index (κ3) is 3.92. The normalized spacial score (nSPS) is 10.2. The molecule has 0 aliphatic carbocycles. The molecule has 1 aromatic carbocycles. The average Bonchev–Trinajstić information content (AvgIpc) is 2.15. The number of phenols is 1. The van der Waals surface area contributed by atoms with Crippen molar-refractivity contribution >= 4 is 0 Å². The highest BCUT2D eigenvalue weighted by molar-refractivity contribution is 5.25. The quantitative estimate of drug-likeness (QED) is 0.534. The van der Waals surface area contributed by atoms with Gasteiger partial charge in [0.1, 0.15) is 5.75 Å². The number of hydrogen-bond acceptors (Lipinski definition) is 3. The zero-order valence-corrected chi connectivity index (χ0v) is 7.79. The second-order valence-corrected chi connectivity index (χ2v) is 2.74. The van der Waals surface area contributed by atoms with Gasteiger partial charge in [0.2, 0.25) is 0 Å². The van der Waals surface area contributed by atoms with Gasteiger partial charge in [0.25, 0.3) is 0 Å². The molecule has 1 aromatic rings. The molecule has 0 aliphatic rings. The van der Waals surface area contributed by atoms with Gasteiger partial charge in [-0.05, 0) is 31.0 Å². The smallest absolute Gasteiger partial charge is 0.115 e. The molecule has 2 N–H and O–H groups in total. The SMILES string of the molecule is CCONCCc1ccc(O)cc1. The fourth-order valence-electron chi connectivity index (χ4n) is 1.03. The molecule has 0 aliphatic heterocycles. The van der Waals surface area contributed by atoms with Gasteiger partial charge in [-0.1, -0.05) is 12.1 Å². The Bertz CT molecular complexity index is 233. The molecule has 1 rings (SSSR count). The maximum absolute atomic E-state index is 9.03. The van der Waals surface area contributed by atoms with Gasteiger partial charge in [-0.2, -0.15) is 0 Å². The molecule has 13 heavy (non-hydrogen) atoms. The van der Waals surface area contributed by atoms with Crippen molar-refractivity contribution in [3.63, 3.8) is 0 Å². The molecular formula is C10H15NO2. The first-order valence-electron chi connectivity index (χ1n) is 4.45. The van der Waals surface area contributed by atoms with Crippen molar-refractivity contribution in [1.82, 2.24) is 5.48 Å². The van der Waals surface area contributed by atoms with Gasteiger partial charge in [-0.15, -0.1) is 0 Å². The van der Waals surface area contributed by atoms with E-state index in [1.54, 1.807) is 12.1 Å². The van der Waals surface area contributed by atoms with E-state index in [1.165, 1.54) is 5.56 Å². The molecule has 3 nitrogen and oxygen atoms in total. The molecule has 0 radical (unpaired) electrons. The van der Waals surface area contributed by atoms with Crippen molar-refractivity contribution in [2.24, 2.45) is 0 Å². The highest BCUT2D eigenvalue weighted by atomic mass is 16.6. The van der Waals surface area contributed by atoms with Crippen LogP contribution in [0.25, 0.3) is 0 Å². The number of hydroxylamine groups is 1. The lowest BCUT2D eigenvalue weighted by atomic mass is 10.1. The van der Waals surface area contributed by atoms with Gasteiger partial charge < -0.3 is 9.94 Å². The predicted molar refractivity (Wildman–Crippen MR) is 51.4 cm³/mol. The first-order valence-corrected chi connectivity index (χ1v) is 4.45. The summed E-state index contributed by atoms with van der Waals surface area (Å²) in [6.07, 6.45) is 0.903. The highest BCUT2D eigenvalue weighted by Crippen LogP contribution is 2.09. The van der Waals surface area contributed by atoms with Gasteiger partial charge in [0, 0.05) is 6.54 Å². The molecule has 0 atom stereocenters. The van der Waals surface area contributed by atoms with Crippen LogP contribution in [-0.4, -0.2) is 18.3 Å². The van der Waals surface area contributed by atoms with E-state index in [9.17, 15) is 0 Å². The van der Waals surface area contributed by atoms with Crippen LogP contribution in [0.3, 0.4) is 0 Å². The number of rotatable bonds is 5. The molecule has 0 bridgehead atoms. The van der Waals surface area contributed by atoms with Crippen LogP contribution in [0, 0.1) is 0 Å². The summed E-state index contributed by atoms with van der Waals surface area (Å²) in [5, 5.41) is 9.03. The summed E-state index contributed by atoms with van der Waals surface area (Å²) < 4.78 is 0. The van der Waals surface area contributed by atoms with E-state index in [0.717, 1.165) is 13.0 Å². The van der Waals surface area contributed by atoms with E-state index in [1.807, 2.05) is 19.1 Å². The molecule has 0 saturated heterocycles. The Kier molecular flexibility index (Phi) is 4.29. The van der Waals surface area contributed by atoms with Gasteiger partial charge in [0.15, 0.2) is 0 Å². The van der Waals surface area contributed by atoms with E-state index in [-0.39, 0.29) is 0 Å². The van der Waals surface area contributed by atoms with Crippen LogP contribution in [-0.2, 0) is 11.3 Å². The van der Waals surface area contributed by atoms with Crippen LogP contribution >= 0.6 is 0 Å². The maximum Gasteiger partial charge on any atom is 0.115 e. The molecular weight excluding hydrogens is 166 g/mol. The maximum atomic E-state index is 9.03. The van der Waals surface area contributed by atoms with Gasteiger partial charge in [0.05, 0.1) is 6.61 Å². The zero-order chi connectivity index (χ0) is 9.52. The fourth-order valence-corrected chi connectivity index (χ4v) is 1.03. The van der Waals surface area contributed by atoms with Crippen molar-refractivity contribution in [3.05, 3.63) is 29.8 Å². The van der Waals surface area contributed by atoms with E-state index in [0.29, 0.717) is 12.4 Å². The topological polar surface area (TPSA) is 41.5 Å². The average molecular weight is 181 g/mol. The Balaban J connectivity index is 2.25. The molecule has 0 saturated carbocycles. The number of nitrogens with one attached hydrogen (secondary N) is 1. The lowest BCUT2D eigenvalue weighted by Gasteiger charge is -2.03. The number of aromatic hydroxyl groups is 1. The summed E-state index contributed by atoms with van der Waals surface area (Å²) in [4.78, 5) is 4.98. The summed E-state index contributed by atoms with van der Waals surface area (Å²) in [5.41, 5.74) is 4.02. The summed E-state index contributed by atoms with van der Waals surface area (Å²) in [7, 11) is 0. The van der Waals surface area contributed by atoms with E-state index in [4.69, 9.17) is 9.94 Å². The van der Waals surface area contributed by atoms with Crippen molar-refractivity contribution in [2.75, 3.05) is 13.2 Å². The van der Waals surface area contributed by atoms with Crippen LogP contribution in [0.1, 0.15) is 12.5 Å². The van der Waals surface area contributed by atoms with Crippen LogP contribution < -0.4 is 5.48 Å². The monoisotopic (exact) mass is 181 g/mol. The van der Waals surface area contributed by atoms with E-state index >= 15 is 0 Å². The number of benzene rings is 1. The van der Waals surface area contributed by atoms with Crippen LogP contribution in [0.5, 0.6) is 5.75 Å². The number of hydrogen-bond donors (Lipinski definition) is 2. The third-order valence-electron chi connectivity index (χ3n) is 1.70. The third-order valence-corrected chi connectivity index (χ3v) is 1.70. The lowest BCUT2D eigenvalue weighted by molar-refractivity contribution is 0.0519. The minimum absolute atomic E-state index is 0.307. The van der Waals surface area contributed by atoms with Gasteiger partial charge >= 0.3 is 0 Å². The molecule has 0 aromatic heterocycles. The molecule has 0 heterocycles. The standard InChI is InChI=1S/C10H15NO2/c1-2-13-11-8-7-9-3-5-10(12)6-4-9/h3-6,11-12H,2,7-8H2,1H3. The van der Waals surface area contributed by atoms with E-state index in [2.05, 4.69) is 5.48 Å². The molecule has 3 heteroatoms. The Labute approximate surface area is 78.3 Å². The van der Waals surface area contributed by atoms with Crippen LogP contribution in [0.2, 0.25) is 0 Å². The predicted octanol–water partition coefficient (Wildman–Crippen LogP) is 1.48. The Hall–Kier alpha value is -1.06. The number of phenolic OH excluding ortho intramolecular Hbond substituents is 1. The Morgan fingerprint density at radius 2 is 2.00 bits per heavy atom. The van der Waals surface area contributed by atoms with Crippen LogP contribution in [0.15, 0.2) is 24.3 Å². The molecule has 0 fully saturated rings. The first kappa shape index (κ1) is 10.0.